The first-order chi connectivity index (χ1) is 23.8. The Morgan fingerprint density at radius 3 is 2.36 bits per heavy atom. The Hall–Kier alpha value is -6.13. The number of non-ortho nitro benzene ring substituents is 1. The zero-order valence-electron chi connectivity index (χ0n) is 27.2. The van der Waals surface area contributed by atoms with Crippen LogP contribution in [0.4, 0.5) is 11.4 Å². The lowest BCUT2D eigenvalue weighted by molar-refractivity contribution is -0.384. The summed E-state index contributed by atoms with van der Waals surface area (Å²) >= 11 is 0. The number of aromatic nitrogens is 2. The Morgan fingerprint density at radius 2 is 1.76 bits per heavy atom. The number of amides is 5. The summed E-state index contributed by atoms with van der Waals surface area (Å²) in [7, 11) is 0. The van der Waals surface area contributed by atoms with E-state index in [1.165, 1.54) is 53.5 Å². The molecule has 0 spiro atoms. The molecule has 17 heteroatoms. The highest BCUT2D eigenvalue weighted by atomic mass is 16.6. The van der Waals surface area contributed by atoms with E-state index in [9.17, 15) is 38.9 Å². The molecule has 2 heterocycles. The minimum absolute atomic E-state index is 0.0220. The van der Waals surface area contributed by atoms with Gasteiger partial charge in [-0.25, -0.2) is 4.98 Å². The molecular formula is C33H38N8O9. The SMILES string of the molecule is C[C@H](NC(=O)CCC(=O)O)C(=O)N[C@@H](Cc1cnc[nH]1)C(=O)N1CCC[C@H]1C(=O)N(c1ccc([N+](=O)[O-])cc1)[C@@H](Cc1ccccc1)C(N)=O. The summed E-state index contributed by atoms with van der Waals surface area (Å²) < 4.78 is 0. The van der Waals surface area contributed by atoms with E-state index in [1.807, 2.05) is 0 Å². The molecule has 1 aliphatic rings. The second kappa shape index (κ2) is 16.8. The molecule has 0 aliphatic carbocycles. The van der Waals surface area contributed by atoms with Gasteiger partial charge >= 0.3 is 5.97 Å². The molecule has 4 atom stereocenters. The van der Waals surface area contributed by atoms with Crippen LogP contribution in [-0.2, 0) is 41.6 Å². The number of carboxylic acid groups (broad SMARTS) is 1. The lowest BCUT2D eigenvalue weighted by Crippen LogP contribution is -2.59. The summed E-state index contributed by atoms with van der Waals surface area (Å²) in [5.74, 6) is -4.65. The fraction of sp³-hybridized carbons (Fsp3) is 0.364. The number of hydrogen-bond donors (Lipinski definition) is 5. The van der Waals surface area contributed by atoms with Crippen LogP contribution in [0.2, 0.25) is 0 Å². The first-order valence-electron chi connectivity index (χ1n) is 15.9. The van der Waals surface area contributed by atoms with Gasteiger partial charge in [-0.2, -0.15) is 0 Å². The largest absolute Gasteiger partial charge is 0.481 e. The second-order valence-corrected chi connectivity index (χ2v) is 11.8. The van der Waals surface area contributed by atoms with Gasteiger partial charge in [0.2, 0.25) is 23.6 Å². The van der Waals surface area contributed by atoms with E-state index in [1.54, 1.807) is 30.3 Å². The maximum Gasteiger partial charge on any atom is 0.303 e. The number of nitrogens with two attached hydrogens (primary N) is 1. The monoisotopic (exact) mass is 690 g/mol. The number of carbonyl (C=O) groups excluding carboxylic acids is 5. The predicted octanol–water partition coefficient (Wildman–Crippen LogP) is 0.836. The highest BCUT2D eigenvalue weighted by Crippen LogP contribution is 2.28. The number of likely N-dealkylation sites (tertiary alicyclic amines) is 1. The smallest absolute Gasteiger partial charge is 0.303 e. The van der Waals surface area contributed by atoms with Crippen molar-refractivity contribution >= 4 is 46.9 Å². The number of benzene rings is 2. The molecule has 0 unspecified atom stereocenters. The number of nitro benzene ring substituents is 1. The Morgan fingerprint density at radius 1 is 1.06 bits per heavy atom. The molecule has 1 fully saturated rings. The molecule has 50 heavy (non-hydrogen) atoms. The number of carbonyl (C=O) groups is 6. The zero-order valence-corrected chi connectivity index (χ0v) is 27.2. The molecule has 1 saturated heterocycles. The molecule has 0 radical (unpaired) electrons. The highest BCUT2D eigenvalue weighted by molar-refractivity contribution is 6.05. The van der Waals surface area contributed by atoms with Gasteiger partial charge in [0.05, 0.1) is 17.7 Å². The fourth-order valence-electron chi connectivity index (χ4n) is 5.71. The van der Waals surface area contributed by atoms with Crippen molar-refractivity contribution in [2.45, 2.75) is 69.6 Å². The van der Waals surface area contributed by atoms with Gasteiger partial charge in [0.25, 0.3) is 11.6 Å². The van der Waals surface area contributed by atoms with Gasteiger partial charge in [-0.15, -0.1) is 0 Å². The third kappa shape index (κ3) is 9.48. The van der Waals surface area contributed by atoms with Gasteiger partial charge in [0.15, 0.2) is 0 Å². The number of imidazole rings is 1. The summed E-state index contributed by atoms with van der Waals surface area (Å²) in [5.41, 5.74) is 6.99. The number of nitrogens with one attached hydrogen (secondary N) is 3. The average Bonchev–Trinajstić information content (AvgIpc) is 3.80. The van der Waals surface area contributed by atoms with Crippen LogP contribution < -0.4 is 21.3 Å². The highest BCUT2D eigenvalue weighted by Gasteiger charge is 2.43. The van der Waals surface area contributed by atoms with E-state index in [0.717, 1.165) is 0 Å². The van der Waals surface area contributed by atoms with Crippen LogP contribution in [0, 0.1) is 10.1 Å². The van der Waals surface area contributed by atoms with Crippen molar-refractivity contribution in [3.8, 4) is 0 Å². The fourth-order valence-corrected chi connectivity index (χ4v) is 5.71. The summed E-state index contributed by atoms with van der Waals surface area (Å²) in [5, 5.41) is 25.3. The van der Waals surface area contributed by atoms with Crippen molar-refractivity contribution in [2.24, 2.45) is 5.73 Å². The zero-order chi connectivity index (χ0) is 36.4. The van der Waals surface area contributed by atoms with E-state index in [4.69, 9.17) is 10.8 Å². The number of anilines is 1. The van der Waals surface area contributed by atoms with Crippen LogP contribution in [0.15, 0.2) is 67.1 Å². The second-order valence-electron chi connectivity index (χ2n) is 11.8. The molecule has 264 valence electrons. The van der Waals surface area contributed by atoms with Crippen LogP contribution in [0.25, 0.3) is 0 Å². The van der Waals surface area contributed by atoms with Crippen LogP contribution in [0.1, 0.15) is 43.9 Å². The van der Waals surface area contributed by atoms with Gasteiger partial charge in [-0.1, -0.05) is 30.3 Å². The molecule has 3 aromatic rings. The number of hydrogen-bond acceptors (Lipinski definition) is 9. The number of nitrogens with zero attached hydrogens (tertiary/aromatic N) is 4. The van der Waals surface area contributed by atoms with Crippen molar-refractivity contribution in [3.63, 3.8) is 0 Å². The van der Waals surface area contributed by atoms with Crippen LogP contribution >= 0.6 is 0 Å². The average molecular weight is 691 g/mol. The number of primary amides is 1. The van der Waals surface area contributed by atoms with Gasteiger partial charge in [-0.3, -0.25) is 43.8 Å². The molecule has 1 aliphatic heterocycles. The number of rotatable bonds is 16. The minimum Gasteiger partial charge on any atom is -0.481 e. The molecule has 1 aromatic heterocycles. The van der Waals surface area contributed by atoms with E-state index < -0.39 is 71.0 Å². The topological polar surface area (TPSA) is 251 Å². The maximum atomic E-state index is 14.5. The van der Waals surface area contributed by atoms with Gasteiger partial charge in [0, 0.05) is 55.5 Å². The van der Waals surface area contributed by atoms with Gasteiger partial charge in [0.1, 0.15) is 24.2 Å². The van der Waals surface area contributed by atoms with E-state index in [-0.39, 0.29) is 43.6 Å². The van der Waals surface area contributed by atoms with Gasteiger partial charge in [-0.05, 0) is 37.5 Å². The molecule has 4 rings (SSSR count). The first-order valence-corrected chi connectivity index (χ1v) is 15.9. The minimum atomic E-state index is -1.23. The predicted molar refractivity (Wildman–Crippen MR) is 177 cm³/mol. The van der Waals surface area contributed by atoms with Crippen LogP contribution in [-0.4, -0.2) is 91.1 Å². The maximum absolute atomic E-state index is 14.5. The molecule has 5 amide bonds. The van der Waals surface area contributed by atoms with Crippen LogP contribution in [0.5, 0.6) is 0 Å². The van der Waals surface area contributed by atoms with Crippen molar-refractivity contribution in [3.05, 3.63) is 88.5 Å². The lowest BCUT2D eigenvalue weighted by atomic mass is 10.0. The molecule has 0 bridgehead atoms. The van der Waals surface area contributed by atoms with Crippen molar-refractivity contribution in [2.75, 3.05) is 11.4 Å². The number of aromatic amines is 1. The molecule has 6 N–H and O–H groups in total. The third-order valence-corrected chi connectivity index (χ3v) is 8.24. The number of H-pyrrole nitrogens is 1. The van der Waals surface area contributed by atoms with E-state index >= 15 is 0 Å². The third-order valence-electron chi connectivity index (χ3n) is 8.24. The number of aliphatic carboxylic acids is 1. The molecule has 17 nitrogen and oxygen atoms in total. The van der Waals surface area contributed by atoms with Gasteiger partial charge < -0.3 is 31.4 Å². The summed E-state index contributed by atoms with van der Waals surface area (Å²) in [4.78, 5) is 98.0. The Labute approximate surface area is 286 Å². The van der Waals surface area contributed by atoms with Crippen molar-refractivity contribution in [1.82, 2.24) is 25.5 Å². The lowest BCUT2D eigenvalue weighted by Gasteiger charge is -2.35. The molecule has 2 aromatic carbocycles. The Kier molecular flexibility index (Phi) is 12.3. The van der Waals surface area contributed by atoms with E-state index in [0.29, 0.717) is 17.7 Å². The van der Waals surface area contributed by atoms with Crippen molar-refractivity contribution < 1.29 is 38.8 Å². The number of nitro groups is 1. The summed E-state index contributed by atoms with van der Waals surface area (Å²) in [6.45, 7) is 1.52. The summed E-state index contributed by atoms with van der Waals surface area (Å²) in [6, 6.07) is 9.24. The Balaban J connectivity index is 1.63. The van der Waals surface area contributed by atoms with E-state index in [2.05, 4.69) is 20.6 Å². The molecular weight excluding hydrogens is 652 g/mol. The normalized spacial score (nSPS) is 15.7. The standard InChI is InChI=1S/C33H38N8O9/c1-20(37-28(42)13-14-29(43)44)31(46)38-25(17-22-18-35-19-36-22)32(47)39-15-5-8-26(39)33(48)40(23-9-11-24(12-10-23)41(49)50)27(30(34)45)16-21-6-3-2-4-7-21/h2-4,6-7,9-12,18-20,25-27H,5,8,13-17H2,1H3,(H2,34,45)(H,35,36)(H,37,42)(H,38,46)(H,43,44)/t20-,25-,26-,27-/m0/s1. The quantitative estimate of drug-likeness (QED) is 0.105. The van der Waals surface area contributed by atoms with Crippen molar-refractivity contribution in [1.29, 1.82) is 0 Å². The van der Waals surface area contributed by atoms with Crippen LogP contribution in [0.3, 0.4) is 0 Å². The molecule has 0 saturated carbocycles. The number of carboxylic acids is 1. The first kappa shape index (κ1) is 36.7. The summed E-state index contributed by atoms with van der Waals surface area (Å²) in [6.07, 6.45) is 2.69. The Bertz CT molecular complexity index is 1700.